The summed E-state index contributed by atoms with van der Waals surface area (Å²) >= 11 is 6.23. The normalized spacial score (nSPS) is 15.0. The highest BCUT2D eigenvalue weighted by atomic mass is 35.5. The van der Waals surface area contributed by atoms with Crippen LogP contribution in [-0.4, -0.2) is 28.4 Å². The van der Waals surface area contributed by atoms with Crippen LogP contribution in [0.25, 0.3) is 0 Å². The lowest BCUT2D eigenvalue weighted by atomic mass is 9.95. The number of aliphatic hydroxyl groups is 1. The summed E-state index contributed by atoms with van der Waals surface area (Å²) in [7, 11) is 0. The van der Waals surface area contributed by atoms with Crippen molar-refractivity contribution in [1.29, 1.82) is 0 Å². The van der Waals surface area contributed by atoms with Crippen LogP contribution in [0.2, 0.25) is 5.02 Å². The van der Waals surface area contributed by atoms with Gasteiger partial charge in [0.2, 0.25) is 0 Å². The Morgan fingerprint density at radius 1 is 0.974 bits per heavy atom. The van der Waals surface area contributed by atoms with Crippen molar-refractivity contribution in [1.82, 2.24) is 5.32 Å². The van der Waals surface area contributed by atoms with Gasteiger partial charge in [0.1, 0.15) is 17.2 Å². The van der Waals surface area contributed by atoms with Crippen LogP contribution in [0.3, 0.4) is 0 Å². The van der Waals surface area contributed by atoms with Crippen molar-refractivity contribution in [2.45, 2.75) is 31.7 Å². The Morgan fingerprint density at radius 2 is 1.67 bits per heavy atom. The van der Waals surface area contributed by atoms with Gasteiger partial charge in [-0.3, -0.25) is 14.4 Å². The summed E-state index contributed by atoms with van der Waals surface area (Å²) in [6.07, 6.45) is -4.94. The molecule has 13 heteroatoms. The summed E-state index contributed by atoms with van der Waals surface area (Å²) in [6.45, 7) is 2.41. The van der Waals surface area contributed by atoms with Gasteiger partial charge in [-0.25, -0.2) is 8.78 Å². The summed E-state index contributed by atoms with van der Waals surface area (Å²) < 4.78 is 67.6. The second kappa shape index (κ2) is 9.93. The first-order valence-electron chi connectivity index (χ1n) is 11.2. The van der Waals surface area contributed by atoms with Gasteiger partial charge in [0, 0.05) is 38.7 Å². The molecule has 1 aliphatic rings. The second-order valence-electron chi connectivity index (χ2n) is 9.25. The summed E-state index contributed by atoms with van der Waals surface area (Å²) in [5.41, 5.74) is -4.06. The number of anilines is 2. The van der Waals surface area contributed by atoms with Gasteiger partial charge in [0.05, 0.1) is 11.6 Å². The molecular weight excluding hydrogens is 549 g/mol. The minimum absolute atomic E-state index is 0.0613. The van der Waals surface area contributed by atoms with Crippen LogP contribution in [-0.2, 0) is 11.0 Å². The molecule has 1 aliphatic heterocycles. The summed E-state index contributed by atoms with van der Waals surface area (Å²) in [4.78, 5) is 38.3. The zero-order valence-electron chi connectivity index (χ0n) is 20.1. The SMILES string of the molecule is CC(C)(O)C(=O)Nc1cc(NC(=O)c2cc(F)cc(C(F)(F)F)c2)c2c(c1)C(=O)NC2c1cc(F)ccc1Cl. The molecule has 3 amide bonds. The Balaban J connectivity index is 1.85. The van der Waals surface area contributed by atoms with E-state index in [1.807, 2.05) is 0 Å². The number of benzene rings is 3. The van der Waals surface area contributed by atoms with E-state index in [0.717, 1.165) is 12.1 Å². The average Bonchev–Trinajstić information content (AvgIpc) is 3.15. The number of carbonyl (C=O) groups excluding carboxylic acids is 3. The van der Waals surface area contributed by atoms with Crippen molar-refractivity contribution in [3.8, 4) is 0 Å². The highest BCUT2D eigenvalue weighted by Crippen LogP contribution is 2.41. The van der Waals surface area contributed by atoms with E-state index in [-0.39, 0.29) is 39.2 Å². The van der Waals surface area contributed by atoms with Gasteiger partial charge < -0.3 is 21.1 Å². The maximum absolute atomic E-state index is 14.1. The predicted octanol–water partition coefficient (Wildman–Crippen LogP) is 5.43. The molecule has 204 valence electrons. The van der Waals surface area contributed by atoms with Crippen LogP contribution < -0.4 is 16.0 Å². The van der Waals surface area contributed by atoms with E-state index in [2.05, 4.69) is 16.0 Å². The lowest BCUT2D eigenvalue weighted by molar-refractivity contribution is -0.137. The van der Waals surface area contributed by atoms with Crippen molar-refractivity contribution in [3.63, 3.8) is 0 Å². The monoisotopic (exact) mass is 567 g/mol. The zero-order chi connectivity index (χ0) is 28.9. The molecule has 4 N–H and O–H groups in total. The first-order chi connectivity index (χ1) is 18.0. The van der Waals surface area contributed by atoms with Gasteiger partial charge in [-0.2, -0.15) is 13.2 Å². The average molecular weight is 568 g/mol. The molecule has 3 aromatic carbocycles. The zero-order valence-corrected chi connectivity index (χ0v) is 20.9. The summed E-state index contributed by atoms with van der Waals surface area (Å²) in [5, 5.41) is 17.4. The summed E-state index contributed by atoms with van der Waals surface area (Å²) in [6, 6.07) is 5.97. The topological polar surface area (TPSA) is 108 Å². The number of fused-ring (bicyclic) bond motifs is 1. The third-order valence-corrected chi connectivity index (χ3v) is 6.15. The van der Waals surface area contributed by atoms with Gasteiger partial charge in [-0.1, -0.05) is 11.6 Å². The molecule has 1 unspecified atom stereocenters. The van der Waals surface area contributed by atoms with Gasteiger partial charge in [-0.15, -0.1) is 0 Å². The van der Waals surface area contributed by atoms with E-state index in [0.29, 0.717) is 12.1 Å². The predicted molar refractivity (Wildman–Crippen MR) is 131 cm³/mol. The van der Waals surface area contributed by atoms with E-state index >= 15 is 0 Å². The third-order valence-electron chi connectivity index (χ3n) is 5.81. The van der Waals surface area contributed by atoms with Crippen LogP contribution in [0.15, 0.2) is 48.5 Å². The van der Waals surface area contributed by atoms with Crippen LogP contribution >= 0.6 is 11.6 Å². The Kier molecular flexibility index (Phi) is 7.13. The molecule has 0 saturated carbocycles. The Hall–Kier alpha value is -4.03. The van der Waals surface area contributed by atoms with Crippen molar-refractivity contribution in [2.75, 3.05) is 10.6 Å². The molecule has 0 fully saturated rings. The van der Waals surface area contributed by atoms with Gasteiger partial charge in [0.15, 0.2) is 0 Å². The van der Waals surface area contributed by atoms with E-state index in [9.17, 15) is 41.4 Å². The molecule has 0 radical (unpaired) electrons. The number of nitrogens with one attached hydrogen (secondary N) is 3. The fraction of sp³-hybridized carbons (Fsp3) is 0.192. The Bertz CT molecular complexity index is 1520. The minimum atomic E-state index is -4.94. The van der Waals surface area contributed by atoms with Crippen molar-refractivity contribution in [2.24, 2.45) is 0 Å². The smallest absolute Gasteiger partial charge is 0.381 e. The Labute approximate surface area is 223 Å². The lowest BCUT2D eigenvalue weighted by Crippen LogP contribution is -2.36. The molecule has 4 rings (SSSR count). The third kappa shape index (κ3) is 5.86. The number of alkyl halides is 3. The van der Waals surface area contributed by atoms with Crippen molar-refractivity contribution in [3.05, 3.63) is 93.0 Å². The molecule has 0 spiro atoms. The number of hydrogen-bond acceptors (Lipinski definition) is 4. The van der Waals surface area contributed by atoms with Crippen LogP contribution in [0, 0.1) is 11.6 Å². The minimum Gasteiger partial charge on any atom is -0.381 e. The van der Waals surface area contributed by atoms with Crippen molar-refractivity contribution >= 4 is 40.7 Å². The van der Waals surface area contributed by atoms with E-state index in [1.54, 1.807) is 0 Å². The highest BCUT2D eigenvalue weighted by molar-refractivity contribution is 6.31. The number of hydrogen-bond donors (Lipinski definition) is 4. The van der Waals surface area contributed by atoms with Gasteiger partial charge >= 0.3 is 6.18 Å². The first kappa shape index (κ1) is 28.0. The lowest BCUT2D eigenvalue weighted by Gasteiger charge is -2.20. The van der Waals surface area contributed by atoms with E-state index in [1.165, 1.54) is 32.0 Å². The van der Waals surface area contributed by atoms with E-state index in [4.69, 9.17) is 11.6 Å². The fourth-order valence-corrected chi connectivity index (χ4v) is 4.17. The van der Waals surface area contributed by atoms with Gasteiger partial charge in [-0.05, 0) is 62.4 Å². The Morgan fingerprint density at radius 3 is 2.31 bits per heavy atom. The maximum atomic E-state index is 14.1. The largest absolute Gasteiger partial charge is 0.416 e. The molecule has 0 saturated heterocycles. The van der Waals surface area contributed by atoms with E-state index < -0.39 is 58.3 Å². The number of halogens is 6. The van der Waals surface area contributed by atoms with Gasteiger partial charge in [0.25, 0.3) is 17.7 Å². The maximum Gasteiger partial charge on any atom is 0.416 e. The molecular formula is C26H19ClF5N3O4. The molecule has 3 aromatic rings. The second-order valence-corrected chi connectivity index (χ2v) is 9.66. The summed E-state index contributed by atoms with van der Waals surface area (Å²) in [5.74, 6) is -4.74. The molecule has 1 heterocycles. The molecule has 39 heavy (non-hydrogen) atoms. The first-order valence-corrected chi connectivity index (χ1v) is 11.6. The van der Waals surface area contributed by atoms with Crippen LogP contribution in [0.4, 0.5) is 33.3 Å². The number of rotatable bonds is 5. The number of carbonyl (C=O) groups is 3. The number of amides is 3. The molecule has 0 aliphatic carbocycles. The molecule has 0 aromatic heterocycles. The van der Waals surface area contributed by atoms with Crippen LogP contribution in [0.5, 0.6) is 0 Å². The fourth-order valence-electron chi connectivity index (χ4n) is 3.94. The quantitative estimate of drug-likeness (QED) is 0.308. The van der Waals surface area contributed by atoms with Crippen molar-refractivity contribution < 1.29 is 41.4 Å². The molecule has 1 atom stereocenters. The molecule has 7 nitrogen and oxygen atoms in total. The van der Waals surface area contributed by atoms with Crippen LogP contribution in [0.1, 0.15) is 57.3 Å². The molecule has 0 bridgehead atoms. The highest BCUT2D eigenvalue weighted by Gasteiger charge is 2.36. The standard InChI is InChI=1S/C26H19ClF5N3O4/c1-25(2,39)24(38)33-15-9-17-20(21(35-23(17)37)16-8-13(28)3-4-18(16)27)19(10-15)34-22(36)11-5-12(26(30,31)32)7-14(29)6-11/h3-10,21,39H,1-2H3,(H,33,38)(H,34,36)(H,35,37).